The monoisotopic (exact) mass is 332 g/mol. The minimum absolute atomic E-state index is 0.0836. The van der Waals surface area contributed by atoms with Crippen LogP contribution in [-0.4, -0.2) is 23.1 Å². The number of likely N-dealkylation sites (tertiary alicyclic amines) is 1. The van der Waals surface area contributed by atoms with Crippen molar-refractivity contribution in [3.05, 3.63) is 26.6 Å². The predicted molar refractivity (Wildman–Crippen MR) is 94.4 cm³/mol. The molecule has 1 fully saturated rings. The minimum Gasteiger partial charge on any atom is -0.326 e. The highest BCUT2D eigenvalue weighted by Gasteiger charge is 2.27. The molecule has 1 saturated heterocycles. The van der Waals surface area contributed by atoms with Gasteiger partial charge in [0.2, 0.25) is 0 Å². The van der Waals surface area contributed by atoms with Crippen LogP contribution in [-0.2, 0) is 12.8 Å². The van der Waals surface area contributed by atoms with Gasteiger partial charge in [0.05, 0.1) is 18.5 Å². The van der Waals surface area contributed by atoms with Gasteiger partial charge in [-0.1, -0.05) is 6.92 Å². The molecule has 2 aromatic rings. The molecule has 5 heteroatoms. The van der Waals surface area contributed by atoms with Crippen molar-refractivity contribution in [2.75, 3.05) is 13.1 Å². The molecule has 4 nitrogen and oxygen atoms in total. The average molecular weight is 332 g/mol. The first kappa shape index (κ1) is 15.3. The Hall–Kier alpha value is -1.20. The number of H-pyrrole nitrogens is 1. The van der Waals surface area contributed by atoms with E-state index in [9.17, 15) is 4.79 Å². The Morgan fingerprint density at radius 2 is 2.09 bits per heavy atom. The maximum atomic E-state index is 12.7. The first-order valence-electron chi connectivity index (χ1n) is 9.02. The van der Waals surface area contributed by atoms with Crippen molar-refractivity contribution in [2.24, 2.45) is 5.92 Å². The summed E-state index contributed by atoms with van der Waals surface area (Å²) in [6.45, 7) is 6.90. The maximum absolute atomic E-state index is 12.7. The molecule has 0 amide bonds. The van der Waals surface area contributed by atoms with E-state index in [-0.39, 0.29) is 11.6 Å². The van der Waals surface area contributed by atoms with E-state index >= 15 is 0 Å². The zero-order valence-electron chi connectivity index (χ0n) is 14.1. The molecule has 1 aliphatic carbocycles. The van der Waals surface area contributed by atoms with Gasteiger partial charge < -0.3 is 9.88 Å². The number of thiophene rings is 1. The Balaban J connectivity index is 1.74. The summed E-state index contributed by atoms with van der Waals surface area (Å²) in [5.74, 6) is 1.61. The summed E-state index contributed by atoms with van der Waals surface area (Å²) >= 11 is 1.76. The van der Waals surface area contributed by atoms with Crippen molar-refractivity contribution in [1.29, 1.82) is 0 Å². The highest BCUT2D eigenvalue weighted by Crippen LogP contribution is 2.35. The van der Waals surface area contributed by atoms with Crippen molar-refractivity contribution >= 4 is 21.6 Å². The van der Waals surface area contributed by atoms with E-state index in [0.29, 0.717) is 0 Å². The standard InChI is InChI=1S/C18H25N3OS/c1-11-6-7-13-14(10-11)23-18-15(13)17(22)19-16(20-18)12(2)21-8-4-3-5-9-21/h11-12H,3-10H2,1-2H3,(H,19,20,22)/p+1/t11-,12-/m1/s1. The van der Waals surface area contributed by atoms with Crippen LogP contribution in [0.5, 0.6) is 0 Å². The van der Waals surface area contributed by atoms with Crippen LogP contribution in [0.1, 0.15) is 61.8 Å². The molecule has 0 aromatic carbocycles. The Bertz CT molecular complexity index is 772. The first-order valence-corrected chi connectivity index (χ1v) is 9.84. The second kappa shape index (κ2) is 6.02. The van der Waals surface area contributed by atoms with Gasteiger partial charge in [-0.25, -0.2) is 4.98 Å². The molecular weight excluding hydrogens is 306 g/mol. The number of hydrogen-bond donors (Lipinski definition) is 2. The lowest BCUT2D eigenvalue weighted by molar-refractivity contribution is -0.934. The van der Waals surface area contributed by atoms with Gasteiger partial charge in [0.25, 0.3) is 5.56 Å². The molecule has 4 rings (SSSR count). The lowest BCUT2D eigenvalue weighted by Gasteiger charge is -2.28. The number of aromatic nitrogens is 2. The minimum atomic E-state index is 0.0836. The zero-order valence-corrected chi connectivity index (χ0v) is 14.9. The van der Waals surface area contributed by atoms with Crippen LogP contribution in [0, 0.1) is 5.92 Å². The summed E-state index contributed by atoms with van der Waals surface area (Å²) in [5.41, 5.74) is 1.36. The van der Waals surface area contributed by atoms with Crippen LogP contribution in [0.25, 0.3) is 10.2 Å². The number of piperidine rings is 1. The van der Waals surface area contributed by atoms with E-state index in [1.165, 1.54) is 49.2 Å². The van der Waals surface area contributed by atoms with Gasteiger partial charge in [-0.3, -0.25) is 4.79 Å². The van der Waals surface area contributed by atoms with Crippen LogP contribution in [0.4, 0.5) is 0 Å². The normalized spacial score (nSPS) is 23.8. The Morgan fingerprint density at radius 1 is 1.30 bits per heavy atom. The summed E-state index contributed by atoms with van der Waals surface area (Å²) in [6, 6.07) is 0.283. The van der Waals surface area contributed by atoms with Gasteiger partial charge in [-0.05, 0) is 56.9 Å². The van der Waals surface area contributed by atoms with Crippen molar-refractivity contribution in [3.63, 3.8) is 0 Å². The number of nitrogens with zero attached hydrogens (tertiary/aromatic N) is 1. The van der Waals surface area contributed by atoms with E-state index in [1.807, 2.05) is 0 Å². The molecule has 23 heavy (non-hydrogen) atoms. The van der Waals surface area contributed by atoms with Crippen molar-refractivity contribution < 1.29 is 4.90 Å². The Labute approximate surface area is 140 Å². The van der Waals surface area contributed by atoms with Gasteiger partial charge >= 0.3 is 0 Å². The third kappa shape index (κ3) is 2.74. The van der Waals surface area contributed by atoms with Crippen LogP contribution >= 0.6 is 11.3 Å². The number of nitrogens with one attached hydrogen (secondary N) is 2. The van der Waals surface area contributed by atoms with E-state index in [4.69, 9.17) is 4.98 Å². The first-order chi connectivity index (χ1) is 11.1. The molecule has 0 bridgehead atoms. The number of fused-ring (bicyclic) bond motifs is 3. The maximum Gasteiger partial charge on any atom is 0.260 e. The average Bonchev–Trinajstić information content (AvgIpc) is 2.92. The van der Waals surface area contributed by atoms with Gasteiger partial charge in [0, 0.05) is 4.88 Å². The van der Waals surface area contributed by atoms with E-state index in [1.54, 1.807) is 16.2 Å². The van der Waals surface area contributed by atoms with Gasteiger partial charge in [0.15, 0.2) is 5.82 Å². The fourth-order valence-corrected chi connectivity index (χ4v) is 5.59. The van der Waals surface area contributed by atoms with Crippen LogP contribution in [0.15, 0.2) is 4.79 Å². The fraction of sp³-hybridized carbons (Fsp3) is 0.667. The number of quaternary nitrogens is 1. The lowest BCUT2D eigenvalue weighted by atomic mass is 9.89. The third-order valence-electron chi connectivity index (χ3n) is 5.70. The van der Waals surface area contributed by atoms with Crippen molar-refractivity contribution in [2.45, 2.75) is 58.4 Å². The van der Waals surface area contributed by atoms with Crippen LogP contribution in [0.2, 0.25) is 0 Å². The molecule has 2 N–H and O–H groups in total. The quantitative estimate of drug-likeness (QED) is 0.886. The highest BCUT2D eigenvalue weighted by molar-refractivity contribution is 7.18. The number of aromatic amines is 1. The molecule has 2 atom stereocenters. The molecule has 1 aliphatic heterocycles. The number of aryl methyl sites for hydroxylation is 1. The summed E-state index contributed by atoms with van der Waals surface area (Å²) < 4.78 is 0. The second-order valence-electron chi connectivity index (χ2n) is 7.42. The summed E-state index contributed by atoms with van der Waals surface area (Å²) in [7, 11) is 0. The molecule has 2 aromatic heterocycles. The van der Waals surface area contributed by atoms with E-state index in [2.05, 4.69) is 18.8 Å². The lowest BCUT2D eigenvalue weighted by Crippen LogP contribution is -3.12. The predicted octanol–water partition coefficient (Wildman–Crippen LogP) is 2.24. The molecule has 0 radical (unpaired) electrons. The van der Waals surface area contributed by atoms with Crippen LogP contribution < -0.4 is 10.5 Å². The molecule has 0 saturated carbocycles. The fourth-order valence-electron chi connectivity index (χ4n) is 4.20. The molecule has 2 aliphatic rings. The third-order valence-corrected chi connectivity index (χ3v) is 6.85. The second-order valence-corrected chi connectivity index (χ2v) is 8.51. The van der Waals surface area contributed by atoms with Crippen molar-refractivity contribution in [1.82, 2.24) is 9.97 Å². The molecule has 0 spiro atoms. The highest BCUT2D eigenvalue weighted by atomic mass is 32.1. The van der Waals surface area contributed by atoms with Gasteiger partial charge in [0.1, 0.15) is 10.9 Å². The van der Waals surface area contributed by atoms with Crippen LogP contribution in [0.3, 0.4) is 0 Å². The molecule has 124 valence electrons. The molecule has 0 unspecified atom stereocenters. The summed E-state index contributed by atoms with van der Waals surface area (Å²) in [6.07, 6.45) is 7.25. The Morgan fingerprint density at radius 3 is 2.87 bits per heavy atom. The topological polar surface area (TPSA) is 50.2 Å². The van der Waals surface area contributed by atoms with Crippen molar-refractivity contribution in [3.8, 4) is 0 Å². The van der Waals surface area contributed by atoms with Gasteiger partial charge in [-0.15, -0.1) is 11.3 Å². The summed E-state index contributed by atoms with van der Waals surface area (Å²) in [5, 5.41) is 0.876. The summed E-state index contributed by atoms with van der Waals surface area (Å²) in [4.78, 5) is 24.6. The molecular formula is C18H26N3OS+. The SMILES string of the molecule is C[C@@H]1CCc2c(sc3nc([C@@H](C)[NH+]4CCCCC4)[nH]c(=O)c23)C1. The number of rotatable bonds is 2. The Kier molecular flexibility index (Phi) is 4.01. The van der Waals surface area contributed by atoms with E-state index < -0.39 is 0 Å². The smallest absolute Gasteiger partial charge is 0.260 e. The number of hydrogen-bond acceptors (Lipinski definition) is 3. The zero-order chi connectivity index (χ0) is 16.0. The largest absolute Gasteiger partial charge is 0.326 e. The van der Waals surface area contributed by atoms with Gasteiger partial charge in [-0.2, -0.15) is 0 Å². The molecule has 3 heterocycles. The van der Waals surface area contributed by atoms with E-state index in [0.717, 1.165) is 34.8 Å².